The first-order valence-electron chi connectivity index (χ1n) is 11.8. The van der Waals surface area contributed by atoms with Gasteiger partial charge in [-0.2, -0.15) is 0 Å². The lowest BCUT2D eigenvalue weighted by Crippen LogP contribution is -2.14. The van der Waals surface area contributed by atoms with Gasteiger partial charge in [0, 0.05) is 0 Å². The van der Waals surface area contributed by atoms with Crippen molar-refractivity contribution in [1.29, 1.82) is 0 Å². The molecule has 0 saturated heterocycles. The quantitative estimate of drug-likeness (QED) is 0.252. The van der Waals surface area contributed by atoms with Crippen molar-refractivity contribution >= 4 is 31.4 Å². The Morgan fingerprint density at radius 2 is 0.825 bits per heavy atom. The van der Waals surface area contributed by atoms with Crippen LogP contribution in [-0.4, -0.2) is 45.3 Å². The molecule has 4 aromatic carbocycles. The number of nitrogens with one attached hydrogen (secondary N) is 2. The second kappa shape index (κ2) is 11.8. The van der Waals surface area contributed by atoms with E-state index in [4.69, 9.17) is 18.9 Å². The highest BCUT2D eigenvalue weighted by Gasteiger charge is 2.19. The molecule has 210 valence electrons. The molecule has 0 atom stereocenters. The zero-order chi connectivity index (χ0) is 28.9. The van der Waals surface area contributed by atoms with E-state index >= 15 is 0 Å². The second-order valence-corrected chi connectivity index (χ2v) is 11.8. The van der Waals surface area contributed by atoms with Crippen molar-refractivity contribution in [2.75, 3.05) is 37.9 Å². The van der Waals surface area contributed by atoms with Crippen LogP contribution in [0, 0.1) is 0 Å². The third-order valence-electron chi connectivity index (χ3n) is 5.96. The topological polar surface area (TPSA) is 129 Å². The van der Waals surface area contributed by atoms with Gasteiger partial charge < -0.3 is 18.9 Å². The minimum atomic E-state index is -3.89. The molecule has 4 rings (SSSR count). The van der Waals surface area contributed by atoms with Crippen LogP contribution in [0.15, 0.2) is 94.7 Å². The highest BCUT2D eigenvalue weighted by atomic mass is 32.2. The number of rotatable bonds is 11. The normalized spacial score (nSPS) is 11.4. The minimum Gasteiger partial charge on any atom is -0.497 e. The summed E-state index contributed by atoms with van der Waals surface area (Å²) in [5, 5.41) is 0. The van der Waals surface area contributed by atoms with Crippen molar-refractivity contribution in [3.63, 3.8) is 0 Å². The van der Waals surface area contributed by atoms with Crippen LogP contribution in [0.5, 0.6) is 23.0 Å². The number of hydrogen-bond donors (Lipinski definition) is 2. The molecule has 2 N–H and O–H groups in total. The molecule has 0 spiro atoms. The van der Waals surface area contributed by atoms with Crippen molar-refractivity contribution < 1.29 is 35.8 Å². The number of anilines is 2. The molecule has 0 aromatic heterocycles. The van der Waals surface area contributed by atoms with E-state index in [0.29, 0.717) is 22.6 Å². The standard InChI is InChI=1S/C28H28N2O8S2/c1-35-21-7-11-23(12-8-21)39(31,32)29-25-15-5-19(17-27(25)37-3)20-6-16-26(28(18-20)38-4)30-40(33,34)24-13-9-22(36-2)10-14-24/h5-18,29-30H,1-4H3. The highest BCUT2D eigenvalue weighted by molar-refractivity contribution is 7.93. The molecule has 40 heavy (non-hydrogen) atoms. The first kappa shape index (κ1) is 28.6. The van der Waals surface area contributed by atoms with Gasteiger partial charge in [0.05, 0.1) is 49.6 Å². The summed E-state index contributed by atoms with van der Waals surface area (Å²) in [7, 11) is -1.91. The van der Waals surface area contributed by atoms with Crippen molar-refractivity contribution in [3.8, 4) is 34.1 Å². The number of sulfonamides is 2. The smallest absolute Gasteiger partial charge is 0.262 e. The molecular formula is C28H28N2O8S2. The summed E-state index contributed by atoms with van der Waals surface area (Å²) in [6.07, 6.45) is 0. The van der Waals surface area contributed by atoms with Gasteiger partial charge in [-0.25, -0.2) is 16.8 Å². The van der Waals surface area contributed by atoms with E-state index in [1.54, 1.807) is 60.7 Å². The Morgan fingerprint density at radius 3 is 1.12 bits per heavy atom. The van der Waals surface area contributed by atoms with Crippen molar-refractivity contribution in [3.05, 3.63) is 84.9 Å². The number of hydrogen-bond acceptors (Lipinski definition) is 8. The van der Waals surface area contributed by atoms with E-state index < -0.39 is 20.0 Å². The van der Waals surface area contributed by atoms with E-state index in [0.717, 1.165) is 0 Å². The van der Waals surface area contributed by atoms with Crippen LogP contribution in [0.2, 0.25) is 0 Å². The largest absolute Gasteiger partial charge is 0.497 e. The van der Waals surface area contributed by atoms with Crippen LogP contribution in [0.25, 0.3) is 11.1 Å². The van der Waals surface area contributed by atoms with Crippen molar-refractivity contribution in [2.24, 2.45) is 0 Å². The zero-order valence-electron chi connectivity index (χ0n) is 22.2. The Balaban J connectivity index is 1.59. The van der Waals surface area contributed by atoms with Crippen LogP contribution < -0.4 is 28.4 Å². The van der Waals surface area contributed by atoms with Crippen molar-refractivity contribution in [2.45, 2.75) is 9.79 Å². The number of benzene rings is 4. The highest BCUT2D eigenvalue weighted by Crippen LogP contribution is 2.36. The molecule has 0 aliphatic heterocycles. The Kier molecular flexibility index (Phi) is 8.40. The molecule has 0 saturated carbocycles. The summed E-state index contributed by atoms with van der Waals surface area (Å²) < 4.78 is 77.8. The molecule has 0 amide bonds. The predicted molar refractivity (Wildman–Crippen MR) is 153 cm³/mol. The summed E-state index contributed by atoms with van der Waals surface area (Å²) in [5.74, 6) is 1.66. The average molecular weight is 585 g/mol. The fraction of sp³-hybridized carbons (Fsp3) is 0.143. The van der Waals surface area contributed by atoms with E-state index in [1.165, 1.54) is 52.7 Å². The van der Waals surface area contributed by atoms with Gasteiger partial charge in [-0.1, -0.05) is 12.1 Å². The lowest BCUT2D eigenvalue weighted by atomic mass is 10.0. The monoisotopic (exact) mass is 584 g/mol. The minimum absolute atomic E-state index is 0.0665. The van der Waals surface area contributed by atoms with Crippen LogP contribution in [0.4, 0.5) is 11.4 Å². The molecule has 0 unspecified atom stereocenters. The number of methoxy groups -OCH3 is 4. The Bertz CT molecular complexity index is 1580. The third-order valence-corrected chi connectivity index (χ3v) is 8.73. The maximum Gasteiger partial charge on any atom is 0.262 e. The van der Waals surface area contributed by atoms with Crippen LogP contribution in [0.3, 0.4) is 0 Å². The lowest BCUT2D eigenvalue weighted by Gasteiger charge is -2.16. The molecule has 0 bridgehead atoms. The van der Waals surface area contributed by atoms with Crippen LogP contribution in [0.1, 0.15) is 0 Å². The van der Waals surface area contributed by atoms with E-state index in [9.17, 15) is 16.8 Å². The van der Waals surface area contributed by atoms with Gasteiger partial charge in [-0.3, -0.25) is 9.44 Å². The molecule has 0 radical (unpaired) electrons. The van der Waals surface area contributed by atoms with E-state index in [-0.39, 0.29) is 32.7 Å². The molecule has 0 aliphatic rings. The third kappa shape index (κ3) is 6.24. The van der Waals surface area contributed by atoms with Crippen LogP contribution >= 0.6 is 0 Å². The van der Waals surface area contributed by atoms with Crippen LogP contribution in [-0.2, 0) is 20.0 Å². The Morgan fingerprint density at radius 1 is 0.475 bits per heavy atom. The predicted octanol–water partition coefficient (Wildman–Crippen LogP) is 4.99. The van der Waals surface area contributed by atoms with Gasteiger partial charge in [0.25, 0.3) is 20.0 Å². The molecule has 0 fully saturated rings. The maximum atomic E-state index is 12.9. The summed E-state index contributed by atoms with van der Waals surface area (Å²) in [5.41, 5.74) is 1.87. The fourth-order valence-electron chi connectivity index (χ4n) is 3.83. The molecule has 0 aliphatic carbocycles. The molecular weight excluding hydrogens is 556 g/mol. The Labute approximate surface area is 233 Å². The maximum absolute atomic E-state index is 12.9. The van der Waals surface area contributed by atoms with E-state index in [1.807, 2.05) is 0 Å². The van der Waals surface area contributed by atoms with Gasteiger partial charge in [0.2, 0.25) is 0 Å². The van der Waals surface area contributed by atoms with Gasteiger partial charge in [0.15, 0.2) is 0 Å². The summed E-state index contributed by atoms with van der Waals surface area (Å²) >= 11 is 0. The molecule has 10 nitrogen and oxygen atoms in total. The lowest BCUT2D eigenvalue weighted by molar-refractivity contribution is 0.414. The first-order chi connectivity index (χ1) is 19.1. The van der Waals surface area contributed by atoms with Gasteiger partial charge >= 0.3 is 0 Å². The number of ether oxygens (including phenoxy) is 4. The summed E-state index contributed by atoms with van der Waals surface area (Å²) in [4.78, 5) is 0.133. The second-order valence-electron chi connectivity index (χ2n) is 8.39. The van der Waals surface area contributed by atoms with Gasteiger partial charge in [-0.05, 0) is 83.9 Å². The summed E-state index contributed by atoms with van der Waals surface area (Å²) in [6.45, 7) is 0. The van der Waals surface area contributed by atoms with Gasteiger partial charge in [0.1, 0.15) is 23.0 Å². The molecule has 4 aromatic rings. The molecule has 0 heterocycles. The SMILES string of the molecule is COc1ccc(S(=O)(=O)Nc2ccc(-c3ccc(NS(=O)(=O)c4ccc(OC)cc4)c(OC)c3)cc2OC)cc1. The fourth-order valence-corrected chi connectivity index (χ4v) is 5.97. The average Bonchev–Trinajstić information content (AvgIpc) is 2.97. The zero-order valence-corrected chi connectivity index (χ0v) is 23.8. The first-order valence-corrected chi connectivity index (χ1v) is 14.8. The van der Waals surface area contributed by atoms with Crippen molar-refractivity contribution in [1.82, 2.24) is 0 Å². The molecule has 12 heteroatoms. The van der Waals surface area contributed by atoms with Gasteiger partial charge in [-0.15, -0.1) is 0 Å². The Hall–Kier alpha value is -4.42. The summed E-state index contributed by atoms with van der Waals surface area (Å²) in [6, 6.07) is 21.9. The van der Waals surface area contributed by atoms with E-state index in [2.05, 4.69) is 9.44 Å².